The molecule has 2 unspecified atom stereocenters. The second-order valence-electron chi connectivity index (χ2n) is 2.66. The molecule has 4 heteroatoms. The third-order valence-electron chi connectivity index (χ3n) is 1.61. The molecule has 0 aromatic heterocycles. The minimum Gasteiger partial charge on any atom is -0.395 e. The molecule has 0 aromatic carbocycles. The maximum Gasteiger partial charge on any atom is 0.224 e. The van der Waals surface area contributed by atoms with E-state index < -0.39 is 0 Å². The minimum atomic E-state index is -0.193. The van der Waals surface area contributed by atoms with E-state index in [1.165, 1.54) is 0 Å². The molecule has 0 radical (unpaired) electrons. The minimum absolute atomic E-state index is 0.0303. The van der Waals surface area contributed by atoms with Crippen LogP contribution >= 0.6 is 0 Å². The van der Waals surface area contributed by atoms with Gasteiger partial charge in [0.1, 0.15) is 0 Å². The highest BCUT2D eigenvalue weighted by atomic mass is 16.3. The van der Waals surface area contributed by atoms with E-state index in [9.17, 15) is 4.79 Å². The van der Waals surface area contributed by atoms with Crippen molar-refractivity contribution < 1.29 is 9.90 Å². The van der Waals surface area contributed by atoms with Gasteiger partial charge in [0.15, 0.2) is 0 Å². The number of carbonyl (C=O) groups is 1. The summed E-state index contributed by atoms with van der Waals surface area (Å²) >= 11 is 0. The molecule has 11 heavy (non-hydrogen) atoms. The first kappa shape index (κ1) is 10.4. The lowest BCUT2D eigenvalue weighted by molar-refractivity contribution is -0.125. The zero-order valence-electron chi connectivity index (χ0n) is 7.00. The van der Waals surface area contributed by atoms with Gasteiger partial charge in [-0.15, -0.1) is 0 Å². The van der Waals surface area contributed by atoms with E-state index in [4.69, 9.17) is 10.8 Å². The first-order valence-corrected chi connectivity index (χ1v) is 3.73. The van der Waals surface area contributed by atoms with Crippen molar-refractivity contribution in [3.05, 3.63) is 0 Å². The molecule has 4 nitrogen and oxygen atoms in total. The molecule has 66 valence electrons. The van der Waals surface area contributed by atoms with Crippen molar-refractivity contribution in [1.29, 1.82) is 0 Å². The standard InChI is InChI=1S/C7H16N2O2/c1-5(6(2)8)7(11)9-3-4-10/h5-6,10H,3-4,8H2,1-2H3,(H,9,11). The van der Waals surface area contributed by atoms with Crippen molar-refractivity contribution in [3.63, 3.8) is 0 Å². The Morgan fingerprint density at radius 1 is 1.64 bits per heavy atom. The maximum atomic E-state index is 11.0. The first-order chi connectivity index (χ1) is 5.09. The number of hydrogen-bond acceptors (Lipinski definition) is 3. The summed E-state index contributed by atoms with van der Waals surface area (Å²) in [6.07, 6.45) is 0. The summed E-state index contributed by atoms with van der Waals surface area (Å²) in [6.45, 7) is 3.81. The van der Waals surface area contributed by atoms with E-state index in [-0.39, 0.29) is 24.5 Å². The predicted octanol–water partition coefficient (Wildman–Crippen LogP) is -0.922. The van der Waals surface area contributed by atoms with Gasteiger partial charge in [0.05, 0.1) is 6.61 Å². The van der Waals surface area contributed by atoms with Gasteiger partial charge in [-0.1, -0.05) is 6.92 Å². The van der Waals surface area contributed by atoms with E-state index >= 15 is 0 Å². The van der Waals surface area contributed by atoms with Gasteiger partial charge in [0.25, 0.3) is 0 Å². The van der Waals surface area contributed by atoms with Crippen LogP contribution in [0.3, 0.4) is 0 Å². The number of carbonyl (C=O) groups excluding carboxylic acids is 1. The summed E-state index contributed by atoms with van der Waals surface area (Å²) in [5, 5.41) is 10.9. The quantitative estimate of drug-likeness (QED) is 0.498. The zero-order valence-corrected chi connectivity index (χ0v) is 7.00. The Kier molecular flexibility index (Phi) is 4.81. The van der Waals surface area contributed by atoms with E-state index in [1.54, 1.807) is 13.8 Å². The van der Waals surface area contributed by atoms with Crippen LogP contribution in [0.5, 0.6) is 0 Å². The summed E-state index contributed by atoms with van der Waals surface area (Å²) in [5.41, 5.74) is 5.49. The summed E-state index contributed by atoms with van der Waals surface area (Å²) in [6, 6.07) is -0.145. The van der Waals surface area contributed by atoms with Crippen molar-refractivity contribution in [2.45, 2.75) is 19.9 Å². The highest BCUT2D eigenvalue weighted by Gasteiger charge is 2.15. The van der Waals surface area contributed by atoms with Gasteiger partial charge in [0.2, 0.25) is 5.91 Å². The van der Waals surface area contributed by atoms with Crippen LogP contribution in [0.1, 0.15) is 13.8 Å². The van der Waals surface area contributed by atoms with Crippen molar-refractivity contribution in [2.24, 2.45) is 11.7 Å². The van der Waals surface area contributed by atoms with Crippen LogP contribution in [0.25, 0.3) is 0 Å². The van der Waals surface area contributed by atoms with Gasteiger partial charge in [-0.2, -0.15) is 0 Å². The lowest BCUT2D eigenvalue weighted by Gasteiger charge is -2.14. The van der Waals surface area contributed by atoms with Crippen LogP contribution in [0, 0.1) is 5.92 Å². The Bertz CT molecular complexity index is 126. The predicted molar refractivity (Wildman–Crippen MR) is 42.9 cm³/mol. The SMILES string of the molecule is CC(N)C(C)C(=O)NCCO. The van der Waals surface area contributed by atoms with E-state index in [1.807, 2.05) is 0 Å². The molecular formula is C7H16N2O2. The Morgan fingerprint density at radius 3 is 2.55 bits per heavy atom. The van der Waals surface area contributed by atoms with Crippen molar-refractivity contribution >= 4 is 5.91 Å². The zero-order chi connectivity index (χ0) is 8.85. The smallest absolute Gasteiger partial charge is 0.224 e. The molecule has 2 atom stereocenters. The summed E-state index contributed by atoms with van der Waals surface area (Å²) in [7, 11) is 0. The van der Waals surface area contributed by atoms with Gasteiger partial charge >= 0.3 is 0 Å². The normalized spacial score (nSPS) is 15.6. The molecule has 0 aliphatic carbocycles. The molecule has 0 bridgehead atoms. The van der Waals surface area contributed by atoms with Gasteiger partial charge in [-0.05, 0) is 6.92 Å². The van der Waals surface area contributed by atoms with E-state index in [0.717, 1.165) is 0 Å². The summed E-state index contributed by atoms with van der Waals surface area (Å²) in [4.78, 5) is 11.0. The second-order valence-corrected chi connectivity index (χ2v) is 2.66. The average molecular weight is 160 g/mol. The van der Waals surface area contributed by atoms with Crippen molar-refractivity contribution in [3.8, 4) is 0 Å². The van der Waals surface area contributed by atoms with Gasteiger partial charge < -0.3 is 16.2 Å². The molecule has 0 aliphatic heterocycles. The number of hydrogen-bond donors (Lipinski definition) is 3. The largest absolute Gasteiger partial charge is 0.395 e. The molecule has 0 rings (SSSR count). The molecule has 4 N–H and O–H groups in total. The third kappa shape index (κ3) is 3.95. The highest BCUT2D eigenvalue weighted by molar-refractivity contribution is 5.78. The fraction of sp³-hybridized carbons (Fsp3) is 0.857. The van der Waals surface area contributed by atoms with Gasteiger partial charge in [0, 0.05) is 18.5 Å². The van der Waals surface area contributed by atoms with Crippen LogP contribution in [-0.4, -0.2) is 30.2 Å². The first-order valence-electron chi connectivity index (χ1n) is 3.73. The lowest BCUT2D eigenvalue weighted by atomic mass is 10.0. The Labute approximate surface area is 66.8 Å². The van der Waals surface area contributed by atoms with Crippen molar-refractivity contribution in [2.75, 3.05) is 13.2 Å². The maximum absolute atomic E-state index is 11.0. The fourth-order valence-corrected chi connectivity index (χ4v) is 0.579. The lowest BCUT2D eigenvalue weighted by Crippen LogP contribution is -2.39. The number of aliphatic hydroxyl groups is 1. The molecule has 0 heterocycles. The Morgan fingerprint density at radius 2 is 2.18 bits per heavy atom. The number of nitrogens with two attached hydrogens (primary N) is 1. The monoisotopic (exact) mass is 160 g/mol. The summed E-state index contributed by atoms with van der Waals surface area (Å²) < 4.78 is 0. The number of amides is 1. The number of aliphatic hydroxyl groups excluding tert-OH is 1. The van der Waals surface area contributed by atoms with Gasteiger partial charge in [-0.3, -0.25) is 4.79 Å². The molecule has 0 aromatic rings. The Balaban J connectivity index is 3.64. The van der Waals surface area contributed by atoms with Gasteiger partial charge in [-0.25, -0.2) is 0 Å². The molecule has 0 fully saturated rings. The van der Waals surface area contributed by atoms with Crippen LogP contribution in [0.15, 0.2) is 0 Å². The second kappa shape index (κ2) is 5.09. The topological polar surface area (TPSA) is 75.4 Å². The van der Waals surface area contributed by atoms with Crippen LogP contribution < -0.4 is 11.1 Å². The number of nitrogens with one attached hydrogen (secondary N) is 1. The molecule has 0 aliphatic rings. The molecule has 1 amide bonds. The molecule has 0 spiro atoms. The van der Waals surface area contributed by atoms with Crippen LogP contribution in [0.2, 0.25) is 0 Å². The molecule has 0 saturated carbocycles. The highest BCUT2D eigenvalue weighted by Crippen LogP contribution is 1.98. The molecular weight excluding hydrogens is 144 g/mol. The van der Waals surface area contributed by atoms with Crippen LogP contribution in [0.4, 0.5) is 0 Å². The van der Waals surface area contributed by atoms with Crippen LogP contribution in [-0.2, 0) is 4.79 Å². The fourth-order valence-electron chi connectivity index (χ4n) is 0.579. The summed E-state index contributed by atoms with van der Waals surface area (Å²) in [5.74, 6) is -0.296. The van der Waals surface area contributed by atoms with Crippen molar-refractivity contribution in [1.82, 2.24) is 5.32 Å². The third-order valence-corrected chi connectivity index (χ3v) is 1.61. The number of rotatable bonds is 4. The Hall–Kier alpha value is -0.610. The average Bonchev–Trinajstić information content (AvgIpc) is 1.98. The molecule has 0 saturated heterocycles. The van der Waals surface area contributed by atoms with E-state index in [0.29, 0.717) is 6.54 Å². The van der Waals surface area contributed by atoms with E-state index in [2.05, 4.69) is 5.32 Å².